The molecule has 128 valence electrons. The number of morpholine rings is 1. The van der Waals surface area contributed by atoms with E-state index in [0.29, 0.717) is 5.02 Å². The molecule has 1 aromatic heterocycles. The molecule has 5 nitrogen and oxygen atoms in total. The summed E-state index contributed by atoms with van der Waals surface area (Å²) in [6.45, 7) is 6.52. The predicted octanol–water partition coefficient (Wildman–Crippen LogP) is 3.28. The Kier molecular flexibility index (Phi) is 5.72. The van der Waals surface area contributed by atoms with Gasteiger partial charge in [0.05, 0.1) is 19.4 Å². The van der Waals surface area contributed by atoms with Crippen LogP contribution < -0.4 is 5.32 Å². The SMILES string of the molecule is Cc1ncc(Cl)c(NCC2(N3CCOCC3)CCCCCC2)n1. The van der Waals surface area contributed by atoms with Gasteiger partial charge in [0, 0.05) is 25.2 Å². The minimum Gasteiger partial charge on any atom is -0.379 e. The molecule has 0 aromatic carbocycles. The van der Waals surface area contributed by atoms with E-state index in [2.05, 4.69) is 20.2 Å². The van der Waals surface area contributed by atoms with Crippen LogP contribution in [0.2, 0.25) is 5.02 Å². The van der Waals surface area contributed by atoms with Crippen LogP contribution >= 0.6 is 11.6 Å². The van der Waals surface area contributed by atoms with E-state index >= 15 is 0 Å². The van der Waals surface area contributed by atoms with Crippen LogP contribution in [-0.4, -0.2) is 53.3 Å². The first-order valence-electron chi connectivity index (χ1n) is 8.75. The van der Waals surface area contributed by atoms with Crippen LogP contribution in [0.25, 0.3) is 0 Å². The molecule has 1 saturated heterocycles. The minimum absolute atomic E-state index is 0.197. The van der Waals surface area contributed by atoms with Crippen molar-refractivity contribution < 1.29 is 4.74 Å². The molecule has 1 saturated carbocycles. The van der Waals surface area contributed by atoms with Gasteiger partial charge in [0.15, 0.2) is 0 Å². The van der Waals surface area contributed by atoms with Crippen LogP contribution in [-0.2, 0) is 4.74 Å². The summed E-state index contributed by atoms with van der Waals surface area (Å²) in [4.78, 5) is 11.2. The summed E-state index contributed by atoms with van der Waals surface area (Å²) in [5.74, 6) is 1.51. The first-order chi connectivity index (χ1) is 11.2. The summed E-state index contributed by atoms with van der Waals surface area (Å²) < 4.78 is 5.56. The molecule has 0 amide bonds. The van der Waals surface area contributed by atoms with E-state index in [1.165, 1.54) is 38.5 Å². The quantitative estimate of drug-likeness (QED) is 0.854. The maximum absolute atomic E-state index is 6.26. The van der Waals surface area contributed by atoms with Gasteiger partial charge in [0.25, 0.3) is 0 Å². The number of nitrogens with zero attached hydrogens (tertiary/aromatic N) is 3. The first kappa shape index (κ1) is 16.9. The fraction of sp³-hybridized carbons (Fsp3) is 0.765. The second-order valence-electron chi connectivity index (χ2n) is 6.71. The number of nitrogens with one attached hydrogen (secondary N) is 1. The smallest absolute Gasteiger partial charge is 0.148 e. The van der Waals surface area contributed by atoms with Crippen molar-refractivity contribution in [3.63, 3.8) is 0 Å². The molecule has 3 rings (SSSR count). The van der Waals surface area contributed by atoms with Crippen molar-refractivity contribution in [1.82, 2.24) is 14.9 Å². The van der Waals surface area contributed by atoms with Crippen LogP contribution in [0.5, 0.6) is 0 Å². The van der Waals surface area contributed by atoms with Crippen molar-refractivity contribution in [2.24, 2.45) is 0 Å². The van der Waals surface area contributed by atoms with Crippen molar-refractivity contribution in [3.05, 3.63) is 17.0 Å². The summed E-state index contributed by atoms with van der Waals surface area (Å²) >= 11 is 6.26. The molecule has 0 spiro atoms. The van der Waals surface area contributed by atoms with E-state index in [-0.39, 0.29) is 5.54 Å². The normalized spacial score (nSPS) is 22.5. The molecular formula is C17H27ClN4O. The van der Waals surface area contributed by atoms with Crippen LogP contribution in [0, 0.1) is 6.92 Å². The highest BCUT2D eigenvalue weighted by Crippen LogP contribution is 2.34. The average Bonchev–Trinajstić information content (AvgIpc) is 2.83. The number of anilines is 1. The Morgan fingerprint density at radius 1 is 1.22 bits per heavy atom. The van der Waals surface area contributed by atoms with Gasteiger partial charge >= 0.3 is 0 Å². The lowest BCUT2D eigenvalue weighted by atomic mass is 9.87. The number of hydrogen-bond donors (Lipinski definition) is 1. The highest BCUT2D eigenvalue weighted by Gasteiger charge is 2.37. The van der Waals surface area contributed by atoms with Crippen molar-refractivity contribution in [1.29, 1.82) is 0 Å². The van der Waals surface area contributed by atoms with Gasteiger partial charge in [0.2, 0.25) is 0 Å². The Balaban J connectivity index is 1.76. The Labute approximate surface area is 143 Å². The van der Waals surface area contributed by atoms with Crippen LogP contribution in [0.4, 0.5) is 5.82 Å². The molecule has 1 aliphatic carbocycles. The van der Waals surface area contributed by atoms with E-state index in [4.69, 9.17) is 16.3 Å². The highest BCUT2D eigenvalue weighted by molar-refractivity contribution is 6.32. The number of hydrogen-bond acceptors (Lipinski definition) is 5. The van der Waals surface area contributed by atoms with Crippen molar-refractivity contribution >= 4 is 17.4 Å². The number of rotatable bonds is 4. The van der Waals surface area contributed by atoms with Gasteiger partial charge in [-0.1, -0.05) is 37.3 Å². The molecule has 0 bridgehead atoms. The van der Waals surface area contributed by atoms with Gasteiger partial charge in [-0.05, 0) is 19.8 Å². The molecule has 23 heavy (non-hydrogen) atoms. The number of aromatic nitrogens is 2. The molecule has 2 heterocycles. The fourth-order valence-electron chi connectivity index (χ4n) is 3.86. The number of aryl methyl sites for hydroxylation is 1. The molecule has 1 aromatic rings. The van der Waals surface area contributed by atoms with Gasteiger partial charge < -0.3 is 10.1 Å². The Morgan fingerprint density at radius 3 is 2.61 bits per heavy atom. The van der Waals surface area contributed by atoms with Crippen LogP contribution in [0.1, 0.15) is 44.3 Å². The van der Waals surface area contributed by atoms with Crippen LogP contribution in [0.3, 0.4) is 0 Å². The second-order valence-corrected chi connectivity index (χ2v) is 7.11. The maximum atomic E-state index is 6.26. The number of halogens is 1. The average molecular weight is 339 g/mol. The highest BCUT2D eigenvalue weighted by atomic mass is 35.5. The fourth-order valence-corrected chi connectivity index (χ4v) is 4.01. The molecule has 1 N–H and O–H groups in total. The molecule has 2 aliphatic rings. The van der Waals surface area contributed by atoms with Gasteiger partial charge in [0.1, 0.15) is 16.7 Å². The zero-order valence-corrected chi connectivity index (χ0v) is 14.7. The summed E-state index contributed by atoms with van der Waals surface area (Å²) in [6.07, 6.45) is 9.45. The van der Waals surface area contributed by atoms with Gasteiger partial charge in [-0.15, -0.1) is 0 Å². The largest absolute Gasteiger partial charge is 0.379 e. The van der Waals surface area contributed by atoms with E-state index in [1.54, 1.807) is 6.20 Å². The van der Waals surface area contributed by atoms with Gasteiger partial charge in [-0.25, -0.2) is 9.97 Å². The van der Waals surface area contributed by atoms with Crippen LogP contribution in [0.15, 0.2) is 6.20 Å². The zero-order chi connectivity index (χ0) is 16.1. The third kappa shape index (κ3) is 4.14. The Morgan fingerprint density at radius 2 is 1.91 bits per heavy atom. The molecule has 0 radical (unpaired) electrons. The van der Waals surface area contributed by atoms with Gasteiger partial charge in [-0.2, -0.15) is 0 Å². The summed E-state index contributed by atoms with van der Waals surface area (Å²) in [7, 11) is 0. The van der Waals surface area contributed by atoms with Crippen molar-refractivity contribution in [2.45, 2.75) is 51.0 Å². The topological polar surface area (TPSA) is 50.3 Å². The van der Waals surface area contributed by atoms with Crippen molar-refractivity contribution in [3.8, 4) is 0 Å². The van der Waals surface area contributed by atoms with E-state index < -0.39 is 0 Å². The lowest BCUT2D eigenvalue weighted by Gasteiger charge is -2.46. The van der Waals surface area contributed by atoms with Gasteiger partial charge in [-0.3, -0.25) is 4.90 Å². The second kappa shape index (κ2) is 7.77. The third-order valence-corrected chi connectivity index (χ3v) is 5.44. The lowest BCUT2D eigenvalue weighted by molar-refractivity contribution is -0.0240. The number of ether oxygens (including phenoxy) is 1. The first-order valence-corrected chi connectivity index (χ1v) is 9.13. The lowest BCUT2D eigenvalue weighted by Crippen LogP contribution is -2.57. The van der Waals surface area contributed by atoms with Crippen molar-refractivity contribution in [2.75, 3.05) is 38.2 Å². The Hall–Kier alpha value is -0.910. The Bertz CT molecular complexity index is 511. The monoisotopic (exact) mass is 338 g/mol. The summed E-state index contributed by atoms with van der Waals surface area (Å²) in [5, 5.41) is 4.12. The zero-order valence-electron chi connectivity index (χ0n) is 14.0. The van der Waals surface area contributed by atoms with E-state index in [9.17, 15) is 0 Å². The molecule has 0 unspecified atom stereocenters. The maximum Gasteiger partial charge on any atom is 0.148 e. The standard InChI is InChI=1S/C17H27ClN4O/c1-14-19-12-15(18)16(21-14)20-13-17(6-4-2-3-5-7-17)22-8-10-23-11-9-22/h12H,2-11,13H2,1H3,(H,19,20,21). The molecular weight excluding hydrogens is 312 g/mol. The molecule has 2 fully saturated rings. The summed E-state index contributed by atoms with van der Waals surface area (Å²) in [5.41, 5.74) is 0.197. The predicted molar refractivity (Wildman–Crippen MR) is 93.1 cm³/mol. The third-order valence-electron chi connectivity index (χ3n) is 5.17. The van der Waals surface area contributed by atoms with E-state index in [1.807, 2.05) is 6.92 Å². The minimum atomic E-state index is 0.197. The molecule has 6 heteroatoms. The van der Waals surface area contributed by atoms with E-state index in [0.717, 1.165) is 44.5 Å². The summed E-state index contributed by atoms with van der Waals surface area (Å²) in [6, 6.07) is 0. The molecule has 0 atom stereocenters. The molecule has 1 aliphatic heterocycles.